The normalized spacial score (nSPS) is 9.93. The van der Waals surface area contributed by atoms with Gasteiger partial charge in [-0.15, -0.1) is 0 Å². The largest absolute Gasteiger partial charge is 1.00 e. The minimum atomic E-state index is -5.65. The monoisotopic (exact) mass is 356 g/mol. The van der Waals surface area contributed by atoms with Crippen LogP contribution in [0.1, 0.15) is 0 Å². The molecule has 0 N–H and O–H groups in total. The maximum atomic E-state index is 9.88. The van der Waals surface area contributed by atoms with E-state index >= 15 is 0 Å². The van der Waals surface area contributed by atoms with Crippen LogP contribution in [0.2, 0.25) is 0 Å². The van der Waals surface area contributed by atoms with Gasteiger partial charge < -0.3 is 33.5 Å². The van der Waals surface area contributed by atoms with Crippen LogP contribution < -0.4 is 225 Å². The second-order valence-corrected chi connectivity index (χ2v) is 5.31. The summed E-state index contributed by atoms with van der Waals surface area (Å²) in [5, 5.41) is -2.98. The molecule has 13 heteroatoms. The van der Waals surface area contributed by atoms with Crippen LogP contribution in [0.25, 0.3) is 0 Å². The Kier molecular flexibility index (Phi) is 34.1. The first-order valence-electron chi connectivity index (χ1n) is 2.18. The Morgan fingerprint density at radius 2 is 1.00 bits per heavy atom. The predicted molar refractivity (Wildman–Crippen MR) is 25.1 cm³/mol. The van der Waals surface area contributed by atoms with Gasteiger partial charge in [-0.3, -0.25) is 0 Å². The van der Waals surface area contributed by atoms with Crippen LogP contribution in [-0.4, -0.2) is 11.7 Å². The zero-order chi connectivity index (χ0) is 9.28. The molecule has 0 aliphatic carbocycles. The van der Waals surface area contributed by atoms with E-state index in [9.17, 15) is 33.5 Å². The van der Waals surface area contributed by atoms with E-state index in [0.29, 0.717) is 0 Å². The first-order chi connectivity index (χ1) is 4.69. The fourth-order valence-electron chi connectivity index (χ4n) is 0.322. The molecule has 0 amide bonds. The van der Waals surface area contributed by atoms with Crippen molar-refractivity contribution in [2.75, 3.05) is 0 Å². The maximum Gasteiger partial charge on any atom is 1.00 e. The minimum absolute atomic E-state index is 0. The SMILES string of the molecule is O=CC(P(=O)([O-])[O-])P(=O)([O-])[O-].[K+].[K+].[K+].[K+]. The average Bonchev–Trinajstić information content (AvgIpc) is 1.56. The minimum Gasteiger partial charge on any atom is -0.810 e. The van der Waals surface area contributed by atoms with Crippen LogP contribution in [0, 0.1) is 0 Å². The van der Waals surface area contributed by atoms with E-state index in [4.69, 9.17) is 0 Å². The van der Waals surface area contributed by atoms with Crippen LogP contribution in [0.15, 0.2) is 0 Å². The van der Waals surface area contributed by atoms with E-state index < -0.39 is 26.9 Å². The summed E-state index contributed by atoms with van der Waals surface area (Å²) in [6, 6.07) is 0. The summed E-state index contributed by atoms with van der Waals surface area (Å²) < 4.78 is 19.8. The Balaban J connectivity index is -0.0000000833. The van der Waals surface area contributed by atoms with Crippen molar-refractivity contribution in [2.24, 2.45) is 0 Å². The molecule has 66 valence electrons. The Hall–Kier alpha value is 6.52. The maximum absolute atomic E-state index is 9.88. The van der Waals surface area contributed by atoms with Crippen molar-refractivity contribution in [3.8, 4) is 0 Å². The van der Waals surface area contributed by atoms with Crippen molar-refractivity contribution in [1.29, 1.82) is 0 Å². The van der Waals surface area contributed by atoms with Gasteiger partial charge in [-0.2, -0.15) is 0 Å². The van der Waals surface area contributed by atoms with Gasteiger partial charge >= 0.3 is 206 Å². The summed E-state index contributed by atoms with van der Waals surface area (Å²) in [6.45, 7) is 0. The summed E-state index contributed by atoms with van der Waals surface area (Å²) in [5.41, 5.74) is 0. The summed E-state index contributed by atoms with van der Waals surface area (Å²) in [7, 11) is -11.3. The molecule has 0 radical (unpaired) electrons. The molecule has 0 atom stereocenters. The molecule has 0 aromatic heterocycles. The topological polar surface area (TPSA) is 143 Å². The quantitative estimate of drug-likeness (QED) is 0.277. The molecule has 0 aromatic rings. The average molecular weight is 356 g/mol. The summed E-state index contributed by atoms with van der Waals surface area (Å²) in [6.07, 6.45) is -0.693. The second-order valence-electron chi connectivity index (χ2n) is 1.63. The smallest absolute Gasteiger partial charge is 0.810 e. The summed E-state index contributed by atoms with van der Waals surface area (Å²) in [5.74, 6) is 0. The van der Waals surface area contributed by atoms with Crippen molar-refractivity contribution >= 4 is 21.5 Å². The standard InChI is InChI=1S/C2H6O7P2.4K/c3-1-2(10(4,5)6)11(7,8)9;;;;/h1-2H,(H2,4,5,6)(H2,7,8,9);;;;/q;4*+1/p-4. The molecule has 0 aromatic carbocycles. The van der Waals surface area contributed by atoms with Gasteiger partial charge in [0.25, 0.3) is 0 Å². The zero-order valence-electron chi connectivity index (χ0n) is 8.91. The second kappa shape index (κ2) is 15.4. The van der Waals surface area contributed by atoms with Gasteiger partial charge in [-0.25, -0.2) is 0 Å². The predicted octanol–water partition coefficient (Wildman–Crippen LogP) is -15.6. The third kappa shape index (κ3) is 16.7. The Labute approximate surface area is 257 Å². The van der Waals surface area contributed by atoms with Crippen molar-refractivity contribution in [2.45, 2.75) is 5.40 Å². The molecule has 0 saturated carbocycles. The van der Waals surface area contributed by atoms with Crippen LogP contribution in [-0.2, 0) is 13.9 Å². The van der Waals surface area contributed by atoms with E-state index in [1.165, 1.54) is 0 Å². The van der Waals surface area contributed by atoms with Gasteiger partial charge in [-0.05, 0) is 0 Å². The van der Waals surface area contributed by atoms with Crippen LogP contribution in [0.4, 0.5) is 0 Å². The molecule has 0 fully saturated rings. The summed E-state index contributed by atoms with van der Waals surface area (Å²) >= 11 is 0. The molecule has 0 rings (SSSR count). The van der Waals surface area contributed by atoms with E-state index in [2.05, 4.69) is 0 Å². The molecule has 0 aliphatic heterocycles. The fourth-order valence-corrected chi connectivity index (χ4v) is 2.01. The van der Waals surface area contributed by atoms with Gasteiger partial charge in [0.2, 0.25) is 0 Å². The molecule has 7 nitrogen and oxygen atoms in total. The summed E-state index contributed by atoms with van der Waals surface area (Å²) in [4.78, 5) is 49.2. The van der Waals surface area contributed by atoms with E-state index in [1.54, 1.807) is 0 Å². The van der Waals surface area contributed by atoms with Crippen molar-refractivity contribution in [3.05, 3.63) is 0 Å². The molecule has 0 bridgehead atoms. The van der Waals surface area contributed by atoms with Crippen LogP contribution in [0.5, 0.6) is 0 Å². The Bertz CT molecular complexity index is 223. The van der Waals surface area contributed by atoms with E-state index in [-0.39, 0.29) is 206 Å². The molecule has 0 saturated heterocycles. The first-order valence-corrected chi connectivity index (χ1v) is 5.40. The third-order valence-corrected chi connectivity index (χ3v) is 4.01. The first kappa shape index (κ1) is 33.2. The molecular weight excluding hydrogens is 354 g/mol. The van der Waals surface area contributed by atoms with Gasteiger partial charge in [0, 0.05) is 0 Å². The van der Waals surface area contributed by atoms with Crippen molar-refractivity contribution in [3.63, 3.8) is 0 Å². The number of rotatable bonds is 3. The van der Waals surface area contributed by atoms with Gasteiger partial charge in [-0.1, -0.05) is 15.2 Å². The van der Waals surface area contributed by atoms with Crippen molar-refractivity contribution < 1.29 is 239 Å². The van der Waals surface area contributed by atoms with Crippen molar-refractivity contribution in [1.82, 2.24) is 0 Å². The van der Waals surface area contributed by atoms with E-state index in [1.807, 2.05) is 0 Å². The number of aldehydes is 1. The molecular formula is C2H2K4O7P2. The number of carbonyl (C=O) groups excluding carboxylic acids is 1. The molecule has 15 heavy (non-hydrogen) atoms. The van der Waals surface area contributed by atoms with Crippen LogP contribution >= 0.6 is 15.2 Å². The van der Waals surface area contributed by atoms with Gasteiger partial charge in [0.05, 0.1) is 5.40 Å². The number of carbonyl (C=O) groups is 1. The number of hydrogen-bond donors (Lipinski definition) is 0. The fraction of sp³-hybridized carbons (Fsp3) is 0.500. The molecule has 0 heterocycles. The molecule has 0 unspecified atom stereocenters. The van der Waals surface area contributed by atoms with Crippen LogP contribution in [0.3, 0.4) is 0 Å². The Morgan fingerprint density at radius 3 is 1.00 bits per heavy atom. The number of hydrogen-bond acceptors (Lipinski definition) is 7. The van der Waals surface area contributed by atoms with Gasteiger partial charge in [0.15, 0.2) is 0 Å². The molecule has 0 spiro atoms. The van der Waals surface area contributed by atoms with Gasteiger partial charge in [0.1, 0.15) is 6.29 Å². The third-order valence-electron chi connectivity index (χ3n) is 0.770. The van der Waals surface area contributed by atoms with E-state index in [0.717, 1.165) is 0 Å². The zero-order valence-corrected chi connectivity index (χ0v) is 23.2. The molecule has 0 aliphatic rings. The Morgan fingerprint density at radius 1 is 0.800 bits per heavy atom.